The number of nitrogens with zero attached hydrogens (tertiary/aromatic N) is 3. The lowest BCUT2D eigenvalue weighted by Gasteiger charge is -2.40. The van der Waals surface area contributed by atoms with Gasteiger partial charge in [-0.25, -0.2) is 17.7 Å². The van der Waals surface area contributed by atoms with Crippen LogP contribution in [0.2, 0.25) is 0 Å². The summed E-state index contributed by atoms with van der Waals surface area (Å²) in [7, 11) is 0.590. The van der Waals surface area contributed by atoms with E-state index >= 15 is 0 Å². The highest BCUT2D eigenvalue weighted by Crippen LogP contribution is 2.36. The monoisotopic (exact) mass is 430 g/mol. The summed E-state index contributed by atoms with van der Waals surface area (Å²) >= 11 is 0. The first-order valence-electron chi connectivity index (χ1n) is 10.2. The summed E-state index contributed by atoms with van der Waals surface area (Å²) in [5.41, 5.74) is 1.16. The second kappa shape index (κ2) is 9.14. The quantitative estimate of drug-likeness (QED) is 0.728. The van der Waals surface area contributed by atoms with Gasteiger partial charge in [-0.05, 0) is 43.0 Å². The van der Waals surface area contributed by atoms with Crippen LogP contribution in [0.4, 0.5) is 5.82 Å². The van der Waals surface area contributed by atoms with E-state index in [1.54, 1.807) is 13.1 Å². The number of carbonyl (C=O) groups excluding carboxylic acids is 1. The van der Waals surface area contributed by atoms with E-state index in [9.17, 15) is 13.2 Å². The molecule has 1 N–H and O–H groups in total. The van der Waals surface area contributed by atoms with Crippen molar-refractivity contribution in [2.24, 2.45) is 0 Å². The van der Waals surface area contributed by atoms with Crippen molar-refractivity contribution in [1.82, 2.24) is 14.6 Å². The first-order valence-corrected chi connectivity index (χ1v) is 11.8. The maximum absolute atomic E-state index is 13.4. The molecule has 1 fully saturated rings. The SMILES string of the molecule is CCS(=O)(=O)N1CCC(C(=O)NCc2ccnc(N(C)C)c2)(c2ccccc2)CC1. The van der Waals surface area contributed by atoms with E-state index in [1.807, 2.05) is 61.5 Å². The lowest BCUT2D eigenvalue weighted by molar-refractivity contribution is -0.128. The molecule has 0 spiro atoms. The van der Waals surface area contributed by atoms with Crippen molar-refractivity contribution in [3.05, 3.63) is 59.8 Å². The normalized spacial score (nSPS) is 16.8. The van der Waals surface area contributed by atoms with E-state index in [2.05, 4.69) is 10.3 Å². The molecule has 1 saturated heterocycles. The van der Waals surface area contributed by atoms with E-state index in [0.717, 1.165) is 16.9 Å². The van der Waals surface area contributed by atoms with Crippen LogP contribution in [0.5, 0.6) is 0 Å². The molecule has 0 aliphatic carbocycles. The molecule has 2 heterocycles. The highest BCUT2D eigenvalue weighted by atomic mass is 32.2. The van der Waals surface area contributed by atoms with Gasteiger partial charge in [-0.3, -0.25) is 4.79 Å². The highest BCUT2D eigenvalue weighted by Gasteiger charge is 2.44. The van der Waals surface area contributed by atoms with Crippen LogP contribution in [-0.2, 0) is 26.8 Å². The predicted molar refractivity (Wildman–Crippen MR) is 119 cm³/mol. The van der Waals surface area contributed by atoms with Crippen LogP contribution in [-0.4, -0.2) is 56.6 Å². The predicted octanol–water partition coefficient (Wildman–Crippen LogP) is 2.15. The molecule has 7 nitrogen and oxygen atoms in total. The van der Waals surface area contributed by atoms with Gasteiger partial charge < -0.3 is 10.2 Å². The number of pyridine rings is 1. The van der Waals surface area contributed by atoms with Crippen LogP contribution in [0.15, 0.2) is 48.7 Å². The van der Waals surface area contributed by atoms with Crippen LogP contribution in [0, 0.1) is 0 Å². The van der Waals surface area contributed by atoms with Crippen molar-refractivity contribution in [1.29, 1.82) is 0 Å². The molecule has 0 bridgehead atoms. The molecule has 8 heteroatoms. The molecule has 162 valence electrons. The van der Waals surface area contributed by atoms with Gasteiger partial charge in [0.15, 0.2) is 0 Å². The summed E-state index contributed by atoms with van der Waals surface area (Å²) in [6.45, 7) is 2.74. The second-order valence-corrected chi connectivity index (χ2v) is 10.1. The first kappa shape index (κ1) is 22.2. The Balaban J connectivity index is 1.80. The molecule has 30 heavy (non-hydrogen) atoms. The van der Waals surface area contributed by atoms with Gasteiger partial charge in [0.05, 0.1) is 11.2 Å². The number of hydrogen-bond acceptors (Lipinski definition) is 5. The van der Waals surface area contributed by atoms with Crippen molar-refractivity contribution < 1.29 is 13.2 Å². The van der Waals surface area contributed by atoms with E-state index in [-0.39, 0.29) is 11.7 Å². The zero-order valence-electron chi connectivity index (χ0n) is 17.8. The summed E-state index contributed by atoms with van der Waals surface area (Å²) in [6.07, 6.45) is 2.65. The van der Waals surface area contributed by atoms with E-state index in [4.69, 9.17) is 0 Å². The summed E-state index contributed by atoms with van der Waals surface area (Å²) in [5.74, 6) is 0.844. The Labute approximate surface area is 179 Å². The number of rotatable bonds is 7. The minimum absolute atomic E-state index is 0.0644. The molecule has 0 saturated carbocycles. The lowest BCUT2D eigenvalue weighted by atomic mass is 9.72. The summed E-state index contributed by atoms with van der Waals surface area (Å²) in [6, 6.07) is 13.5. The number of aromatic nitrogens is 1. The Morgan fingerprint density at radius 2 is 1.83 bits per heavy atom. The Morgan fingerprint density at radius 1 is 1.17 bits per heavy atom. The largest absolute Gasteiger partial charge is 0.363 e. The third-order valence-corrected chi connectivity index (χ3v) is 7.70. The fourth-order valence-corrected chi connectivity index (χ4v) is 5.00. The van der Waals surface area contributed by atoms with E-state index in [1.165, 1.54) is 4.31 Å². The smallest absolute Gasteiger partial charge is 0.231 e. The molecular formula is C22H30N4O3S. The van der Waals surface area contributed by atoms with Crippen LogP contribution in [0.25, 0.3) is 0 Å². The van der Waals surface area contributed by atoms with Gasteiger partial charge >= 0.3 is 0 Å². The molecule has 1 amide bonds. The van der Waals surface area contributed by atoms with Crippen molar-refractivity contribution in [2.75, 3.05) is 37.8 Å². The first-order chi connectivity index (χ1) is 14.3. The van der Waals surface area contributed by atoms with E-state index in [0.29, 0.717) is 32.5 Å². The molecule has 3 rings (SSSR count). The van der Waals surface area contributed by atoms with Crippen LogP contribution >= 0.6 is 0 Å². The lowest BCUT2D eigenvalue weighted by Crippen LogP contribution is -2.52. The molecule has 1 aromatic carbocycles. The number of anilines is 1. The molecule has 1 aromatic heterocycles. The Morgan fingerprint density at radius 3 is 2.43 bits per heavy atom. The fraction of sp³-hybridized carbons (Fsp3) is 0.455. The Hall–Kier alpha value is -2.45. The molecule has 2 aromatic rings. The van der Waals surface area contributed by atoms with Gasteiger partial charge in [0.2, 0.25) is 15.9 Å². The van der Waals surface area contributed by atoms with Crippen molar-refractivity contribution >= 4 is 21.7 Å². The van der Waals surface area contributed by atoms with Gasteiger partial charge in [0, 0.05) is 39.9 Å². The number of amides is 1. The average Bonchev–Trinajstić information content (AvgIpc) is 2.78. The number of carbonyl (C=O) groups is 1. The molecule has 0 radical (unpaired) electrons. The van der Waals surface area contributed by atoms with Crippen LogP contribution in [0.1, 0.15) is 30.9 Å². The number of sulfonamides is 1. The summed E-state index contributed by atoms with van der Waals surface area (Å²) in [4.78, 5) is 19.7. The number of hydrogen-bond donors (Lipinski definition) is 1. The average molecular weight is 431 g/mol. The number of benzene rings is 1. The molecule has 1 aliphatic rings. The third-order valence-electron chi connectivity index (χ3n) is 5.82. The standard InChI is InChI=1S/C22H30N4O3S/c1-4-30(28,29)26-14-11-22(12-15-26,19-8-6-5-7-9-19)21(27)24-17-18-10-13-23-20(16-18)25(2)3/h5-10,13,16H,4,11-12,14-15,17H2,1-3H3,(H,24,27). The van der Waals surface area contributed by atoms with Crippen molar-refractivity contribution in [3.8, 4) is 0 Å². The summed E-state index contributed by atoms with van der Waals surface area (Å²) in [5, 5.41) is 3.09. The fourth-order valence-electron chi connectivity index (χ4n) is 3.90. The van der Waals surface area contributed by atoms with Crippen LogP contribution < -0.4 is 10.2 Å². The van der Waals surface area contributed by atoms with Gasteiger partial charge in [-0.2, -0.15) is 0 Å². The molecule has 0 atom stereocenters. The molecular weight excluding hydrogens is 400 g/mol. The zero-order valence-corrected chi connectivity index (χ0v) is 18.7. The minimum atomic E-state index is -3.26. The number of piperidine rings is 1. The third kappa shape index (κ3) is 4.65. The maximum atomic E-state index is 13.4. The van der Waals surface area contributed by atoms with E-state index < -0.39 is 15.4 Å². The zero-order chi connectivity index (χ0) is 21.8. The molecule has 0 unspecified atom stereocenters. The van der Waals surface area contributed by atoms with Crippen molar-refractivity contribution in [2.45, 2.75) is 31.7 Å². The van der Waals surface area contributed by atoms with Crippen LogP contribution in [0.3, 0.4) is 0 Å². The highest BCUT2D eigenvalue weighted by molar-refractivity contribution is 7.89. The summed E-state index contributed by atoms with van der Waals surface area (Å²) < 4.78 is 26.1. The van der Waals surface area contributed by atoms with Gasteiger partial charge in [0.25, 0.3) is 0 Å². The van der Waals surface area contributed by atoms with Gasteiger partial charge in [-0.1, -0.05) is 30.3 Å². The van der Waals surface area contributed by atoms with Gasteiger partial charge in [0.1, 0.15) is 5.82 Å². The van der Waals surface area contributed by atoms with Crippen molar-refractivity contribution in [3.63, 3.8) is 0 Å². The second-order valence-electron chi connectivity index (χ2n) is 7.85. The maximum Gasteiger partial charge on any atom is 0.231 e. The minimum Gasteiger partial charge on any atom is -0.363 e. The van der Waals surface area contributed by atoms with Gasteiger partial charge in [-0.15, -0.1) is 0 Å². The Kier molecular flexibility index (Phi) is 6.77. The Bertz CT molecular complexity index is 969. The number of nitrogens with one attached hydrogen (secondary N) is 1. The molecule has 1 aliphatic heterocycles. The topological polar surface area (TPSA) is 82.6 Å².